The monoisotopic (exact) mass is 203 g/mol. The van der Waals surface area contributed by atoms with Crippen molar-refractivity contribution in [3.05, 3.63) is 34.9 Å². The highest BCUT2D eigenvalue weighted by Gasteiger charge is 2.28. The molecule has 0 radical (unpaired) electrons. The Kier molecular flexibility index (Phi) is 2.51. The summed E-state index contributed by atoms with van der Waals surface area (Å²) in [5.74, 6) is 0.736. The van der Waals surface area contributed by atoms with Gasteiger partial charge in [0, 0.05) is 18.7 Å². The van der Waals surface area contributed by atoms with Crippen LogP contribution in [-0.4, -0.2) is 17.4 Å². The smallest absolute Gasteiger partial charge is 0.254 e. The third-order valence-corrected chi connectivity index (χ3v) is 2.81. The van der Waals surface area contributed by atoms with Crippen molar-refractivity contribution < 1.29 is 4.79 Å². The Bertz CT molecular complexity index is 396. The molecule has 0 saturated heterocycles. The number of hydrogen-bond acceptors (Lipinski definition) is 1. The molecular formula is C13H17NO. The van der Waals surface area contributed by atoms with Crippen LogP contribution < -0.4 is 0 Å². The van der Waals surface area contributed by atoms with Crippen LogP contribution in [-0.2, 0) is 6.54 Å². The van der Waals surface area contributed by atoms with Crippen LogP contribution in [0.25, 0.3) is 0 Å². The number of rotatable bonds is 2. The zero-order valence-electron chi connectivity index (χ0n) is 9.58. The molecule has 0 unspecified atom stereocenters. The van der Waals surface area contributed by atoms with E-state index in [1.165, 1.54) is 5.56 Å². The van der Waals surface area contributed by atoms with Crippen molar-refractivity contribution in [2.45, 2.75) is 27.3 Å². The first-order valence-corrected chi connectivity index (χ1v) is 5.47. The molecule has 1 aromatic carbocycles. The Morgan fingerprint density at radius 3 is 2.73 bits per heavy atom. The van der Waals surface area contributed by atoms with Crippen molar-refractivity contribution >= 4 is 5.91 Å². The Hall–Kier alpha value is -1.31. The number of carbonyl (C=O) groups is 1. The van der Waals surface area contributed by atoms with Gasteiger partial charge in [0.2, 0.25) is 0 Å². The number of carbonyl (C=O) groups excluding carboxylic acids is 1. The van der Waals surface area contributed by atoms with E-state index in [0.717, 1.165) is 24.2 Å². The topological polar surface area (TPSA) is 20.3 Å². The van der Waals surface area contributed by atoms with Crippen molar-refractivity contribution in [1.82, 2.24) is 4.90 Å². The summed E-state index contributed by atoms with van der Waals surface area (Å²) in [5.41, 5.74) is 3.21. The van der Waals surface area contributed by atoms with E-state index in [4.69, 9.17) is 0 Å². The van der Waals surface area contributed by atoms with Gasteiger partial charge in [-0.05, 0) is 24.0 Å². The zero-order chi connectivity index (χ0) is 11.0. The largest absolute Gasteiger partial charge is 0.334 e. The highest BCUT2D eigenvalue weighted by Crippen LogP contribution is 2.25. The molecule has 0 bridgehead atoms. The summed E-state index contributed by atoms with van der Waals surface area (Å²) in [5, 5.41) is 0. The summed E-state index contributed by atoms with van der Waals surface area (Å²) < 4.78 is 0. The molecule has 1 heterocycles. The second-order valence-electron chi connectivity index (χ2n) is 4.69. The fraction of sp³-hybridized carbons (Fsp3) is 0.462. The normalized spacial score (nSPS) is 14.9. The summed E-state index contributed by atoms with van der Waals surface area (Å²) >= 11 is 0. The van der Waals surface area contributed by atoms with Gasteiger partial charge in [0.05, 0.1) is 0 Å². The van der Waals surface area contributed by atoms with Gasteiger partial charge in [-0.25, -0.2) is 0 Å². The first kappa shape index (κ1) is 10.2. The fourth-order valence-electron chi connectivity index (χ4n) is 2.19. The summed E-state index contributed by atoms with van der Waals surface area (Å²) in [6.45, 7) is 7.93. The molecule has 1 aliphatic heterocycles. The van der Waals surface area contributed by atoms with Gasteiger partial charge in [0.25, 0.3) is 5.91 Å². The number of nitrogens with zero attached hydrogens (tertiary/aromatic N) is 1. The quantitative estimate of drug-likeness (QED) is 0.723. The van der Waals surface area contributed by atoms with E-state index in [2.05, 4.69) is 19.9 Å². The summed E-state index contributed by atoms with van der Waals surface area (Å²) in [4.78, 5) is 14.0. The molecule has 2 heteroatoms. The van der Waals surface area contributed by atoms with Crippen LogP contribution in [0.4, 0.5) is 0 Å². The Morgan fingerprint density at radius 2 is 2.13 bits per heavy atom. The molecule has 0 saturated carbocycles. The predicted octanol–water partition coefficient (Wildman–Crippen LogP) is 2.61. The molecule has 0 aliphatic carbocycles. The van der Waals surface area contributed by atoms with Crippen molar-refractivity contribution in [2.24, 2.45) is 5.92 Å². The van der Waals surface area contributed by atoms with Crippen LogP contribution in [0.2, 0.25) is 0 Å². The molecule has 0 fully saturated rings. The van der Waals surface area contributed by atoms with E-state index >= 15 is 0 Å². The minimum atomic E-state index is 0.205. The third-order valence-electron chi connectivity index (χ3n) is 2.81. The molecule has 0 atom stereocenters. The summed E-state index contributed by atoms with van der Waals surface area (Å²) in [7, 11) is 0. The van der Waals surface area contributed by atoms with E-state index in [1.807, 2.05) is 24.0 Å². The minimum Gasteiger partial charge on any atom is -0.334 e. The molecule has 2 rings (SSSR count). The van der Waals surface area contributed by atoms with Gasteiger partial charge in [0.15, 0.2) is 0 Å². The van der Waals surface area contributed by atoms with Crippen molar-refractivity contribution in [3.8, 4) is 0 Å². The number of hydrogen-bond donors (Lipinski definition) is 0. The highest BCUT2D eigenvalue weighted by atomic mass is 16.2. The highest BCUT2D eigenvalue weighted by molar-refractivity contribution is 5.99. The fourth-order valence-corrected chi connectivity index (χ4v) is 2.19. The molecule has 0 spiro atoms. The maximum atomic E-state index is 12.1. The van der Waals surface area contributed by atoms with Gasteiger partial charge in [-0.15, -0.1) is 0 Å². The van der Waals surface area contributed by atoms with E-state index in [-0.39, 0.29) is 5.91 Å². The number of amides is 1. The Morgan fingerprint density at radius 1 is 1.40 bits per heavy atom. The van der Waals surface area contributed by atoms with Crippen molar-refractivity contribution in [3.63, 3.8) is 0 Å². The summed E-state index contributed by atoms with van der Waals surface area (Å²) in [6, 6.07) is 6.09. The van der Waals surface area contributed by atoms with Crippen LogP contribution >= 0.6 is 0 Å². The standard InChI is InChI=1S/C13H17NO/c1-9(2)7-14-8-11-6-4-5-10(3)12(11)13(14)15/h4-6,9H,7-8H2,1-3H3. The van der Waals surface area contributed by atoms with Crippen LogP contribution in [0, 0.1) is 12.8 Å². The van der Waals surface area contributed by atoms with Gasteiger partial charge >= 0.3 is 0 Å². The van der Waals surface area contributed by atoms with Crippen molar-refractivity contribution in [1.29, 1.82) is 0 Å². The lowest BCUT2D eigenvalue weighted by atomic mass is 10.0. The molecule has 15 heavy (non-hydrogen) atoms. The van der Waals surface area contributed by atoms with E-state index in [1.54, 1.807) is 0 Å². The number of fused-ring (bicyclic) bond motifs is 1. The van der Waals surface area contributed by atoms with E-state index < -0.39 is 0 Å². The van der Waals surface area contributed by atoms with Gasteiger partial charge in [-0.1, -0.05) is 32.0 Å². The van der Waals surface area contributed by atoms with Gasteiger partial charge in [-0.2, -0.15) is 0 Å². The maximum Gasteiger partial charge on any atom is 0.254 e. The van der Waals surface area contributed by atoms with Crippen molar-refractivity contribution in [2.75, 3.05) is 6.54 Å². The Balaban J connectivity index is 2.30. The van der Waals surface area contributed by atoms with Crippen LogP contribution in [0.15, 0.2) is 18.2 Å². The summed E-state index contributed by atoms with van der Waals surface area (Å²) in [6.07, 6.45) is 0. The van der Waals surface area contributed by atoms with Crippen LogP contribution in [0.5, 0.6) is 0 Å². The molecular weight excluding hydrogens is 186 g/mol. The van der Waals surface area contributed by atoms with E-state index in [0.29, 0.717) is 5.92 Å². The SMILES string of the molecule is Cc1cccc2c1C(=O)N(CC(C)C)C2. The molecule has 0 aromatic heterocycles. The lowest BCUT2D eigenvalue weighted by Crippen LogP contribution is -2.28. The lowest BCUT2D eigenvalue weighted by Gasteiger charge is -2.17. The van der Waals surface area contributed by atoms with Crippen LogP contribution in [0.1, 0.15) is 35.3 Å². The third kappa shape index (κ3) is 1.76. The van der Waals surface area contributed by atoms with E-state index in [9.17, 15) is 4.79 Å². The lowest BCUT2D eigenvalue weighted by molar-refractivity contribution is 0.0759. The average molecular weight is 203 g/mol. The predicted molar refractivity (Wildman–Crippen MR) is 60.8 cm³/mol. The number of aryl methyl sites for hydroxylation is 1. The molecule has 2 nitrogen and oxygen atoms in total. The molecule has 1 aliphatic rings. The molecule has 0 N–H and O–H groups in total. The molecule has 1 aromatic rings. The molecule has 1 amide bonds. The average Bonchev–Trinajstić information content (AvgIpc) is 2.44. The minimum absolute atomic E-state index is 0.205. The maximum absolute atomic E-state index is 12.1. The van der Waals surface area contributed by atoms with Crippen LogP contribution in [0.3, 0.4) is 0 Å². The second-order valence-corrected chi connectivity index (χ2v) is 4.69. The van der Waals surface area contributed by atoms with Gasteiger partial charge in [0.1, 0.15) is 0 Å². The number of benzene rings is 1. The Labute approximate surface area is 90.9 Å². The van der Waals surface area contributed by atoms with Gasteiger partial charge in [-0.3, -0.25) is 4.79 Å². The first-order chi connectivity index (χ1) is 7.09. The molecule has 80 valence electrons. The van der Waals surface area contributed by atoms with Gasteiger partial charge < -0.3 is 4.90 Å². The zero-order valence-corrected chi connectivity index (χ0v) is 9.58. The first-order valence-electron chi connectivity index (χ1n) is 5.47. The second kappa shape index (κ2) is 3.69.